The van der Waals surface area contributed by atoms with Gasteiger partial charge in [-0.05, 0) is 29.8 Å². The number of anilines is 1. The van der Waals surface area contributed by atoms with Gasteiger partial charge in [-0.15, -0.1) is 10.2 Å². The Morgan fingerprint density at radius 2 is 1.80 bits per heavy atom. The minimum Gasteiger partial charge on any atom is -0.506 e. The van der Waals surface area contributed by atoms with Crippen LogP contribution in [0.15, 0.2) is 48.8 Å². The molecule has 1 saturated heterocycles. The minimum atomic E-state index is -4.50. The molecule has 2 N–H and O–H groups in total. The number of hydrogen-bond acceptors (Lipinski definition) is 7. The third kappa shape index (κ3) is 6.41. The molecule has 1 aliphatic heterocycles. The summed E-state index contributed by atoms with van der Waals surface area (Å²) in [5.41, 5.74) is 1.47. The number of carbonyl (C=O) groups is 1. The molecule has 3 aromatic rings. The van der Waals surface area contributed by atoms with Crippen LogP contribution in [0.4, 0.5) is 23.4 Å². The van der Waals surface area contributed by atoms with Gasteiger partial charge in [0.2, 0.25) is 0 Å². The zero-order valence-electron chi connectivity index (χ0n) is 18.5. The summed E-state index contributed by atoms with van der Waals surface area (Å²) in [6.45, 7) is 1.70. The molecule has 12 heteroatoms. The number of amides is 1. The number of hydrogen-bond donors (Lipinski definition) is 2. The third-order valence-corrected chi connectivity index (χ3v) is 5.50. The summed E-state index contributed by atoms with van der Waals surface area (Å²) in [4.78, 5) is 19.8. The molecule has 4 rings (SSSR count). The summed E-state index contributed by atoms with van der Waals surface area (Å²) in [5.74, 6) is -0.854. The Balaban J connectivity index is 1.30. The van der Waals surface area contributed by atoms with E-state index in [0.29, 0.717) is 49.7 Å². The molecule has 1 aliphatic rings. The van der Waals surface area contributed by atoms with Gasteiger partial charge in [0.15, 0.2) is 11.5 Å². The average molecular weight is 490 g/mol. The minimum absolute atomic E-state index is 0.0344. The molecule has 184 valence electrons. The lowest BCUT2D eigenvalue weighted by molar-refractivity contribution is -0.123. The molecule has 0 bridgehead atoms. The monoisotopic (exact) mass is 490 g/mol. The van der Waals surface area contributed by atoms with Crippen LogP contribution in [0, 0.1) is 5.82 Å². The first kappa shape index (κ1) is 24.3. The first-order valence-corrected chi connectivity index (χ1v) is 10.8. The van der Waals surface area contributed by atoms with Gasteiger partial charge in [0.1, 0.15) is 18.1 Å². The number of rotatable bonds is 6. The Morgan fingerprint density at radius 3 is 2.43 bits per heavy atom. The number of benzene rings is 1. The predicted molar refractivity (Wildman–Crippen MR) is 119 cm³/mol. The van der Waals surface area contributed by atoms with E-state index in [1.165, 1.54) is 30.6 Å². The topological polar surface area (TPSA) is 94.5 Å². The van der Waals surface area contributed by atoms with E-state index >= 15 is 0 Å². The number of carbonyl (C=O) groups excluding carboxylic acids is 1. The van der Waals surface area contributed by atoms with Crippen molar-refractivity contribution in [1.82, 2.24) is 25.4 Å². The van der Waals surface area contributed by atoms with Crippen molar-refractivity contribution in [3.8, 4) is 16.9 Å². The lowest BCUT2D eigenvalue weighted by atomic mass is 10.0. The zero-order valence-corrected chi connectivity index (χ0v) is 18.5. The maximum atomic E-state index is 14.7. The second kappa shape index (κ2) is 10.2. The van der Waals surface area contributed by atoms with Crippen LogP contribution >= 0.6 is 0 Å². The van der Waals surface area contributed by atoms with Gasteiger partial charge in [-0.1, -0.05) is 12.1 Å². The van der Waals surface area contributed by atoms with Gasteiger partial charge in [0, 0.05) is 50.0 Å². The largest absolute Gasteiger partial charge is 0.506 e. The first-order chi connectivity index (χ1) is 16.7. The number of aromatic hydroxyl groups is 1. The van der Waals surface area contributed by atoms with Gasteiger partial charge in [-0.25, -0.2) is 4.39 Å². The van der Waals surface area contributed by atoms with Crippen molar-refractivity contribution in [1.29, 1.82) is 0 Å². The Hall–Kier alpha value is -3.80. The Morgan fingerprint density at radius 1 is 1.03 bits per heavy atom. The highest BCUT2D eigenvalue weighted by Gasteiger charge is 2.28. The summed E-state index contributed by atoms with van der Waals surface area (Å²) in [6.07, 6.45) is -1.73. The maximum Gasteiger partial charge on any atom is 0.405 e. The van der Waals surface area contributed by atoms with Crippen LogP contribution < -0.4 is 10.2 Å². The molecule has 8 nitrogen and oxygen atoms in total. The molecule has 1 amide bonds. The Labute approximate surface area is 198 Å². The third-order valence-electron chi connectivity index (χ3n) is 5.50. The van der Waals surface area contributed by atoms with Crippen LogP contribution in [0.1, 0.15) is 16.1 Å². The van der Waals surface area contributed by atoms with E-state index in [1.54, 1.807) is 17.4 Å². The summed E-state index contributed by atoms with van der Waals surface area (Å²) < 4.78 is 51.4. The van der Waals surface area contributed by atoms with Gasteiger partial charge in [0.25, 0.3) is 5.91 Å². The highest BCUT2D eigenvalue weighted by Crippen LogP contribution is 2.26. The molecule has 1 fully saturated rings. The van der Waals surface area contributed by atoms with Gasteiger partial charge < -0.3 is 15.3 Å². The quantitative estimate of drug-likeness (QED) is 0.513. The second-order valence-corrected chi connectivity index (χ2v) is 8.08. The van der Waals surface area contributed by atoms with Crippen molar-refractivity contribution in [2.45, 2.75) is 12.7 Å². The maximum absolute atomic E-state index is 14.7. The fourth-order valence-corrected chi connectivity index (χ4v) is 3.75. The van der Waals surface area contributed by atoms with Crippen LogP contribution in [0.2, 0.25) is 0 Å². The summed E-state index contributed by atoms with van der Waals surface area (Å²) in [5, 5.41) is 19.0. The van der Waals surface area contributed by atoms with Crippen LogP contribution in [0.25, 0.3) is 11.1 Å². The summed E-state index contributed by atoms with van der Waals surface area (Å²) >= 11 is 0. The summed E-state index contributed by atoms with van der Waals surface area (Å²) in [6, 6.07) is 9.32. The predicted octanol–water partition coefficient (Wildman–Crippen LogP) is 3.00. The molecule has 3 heterocycles. The van der Waals surface area contributed by atoms with Crippen LogP contribution in [0.5, 0.6) is 5.75 Å². The number of aromatic nitrogens is 3. The average Bonchev–Trinajstić information content (AvgIpc) is 2.83. The number of nitrogens with one attached hydrogen (secondary N) is 1. The lowest BCUT2D eigenvalue weighted by Gasteiger charge is -2.35. The van der Waals surface area contributed by atoms with Crippen LogP contribution in [-0.2, 0) is 6.54 Å². The van der Waals surface area contributed by atoms with E-state index < -0.39 is 24.4 Å². The molecular formula is C23H22F4N6O2. The van der Waals surface area contributed by atoms with Crippen molar-refractivity contribution in [3.63, 3.8) is 0 Å². The zero-order chi connectivity index (χ0) is 25.0. The van der Waals surface area contributed by atoms with Gasteiger partial charge in [-0.3, -0.25) is 14.7 Å². The van der Waals surface area contributed by atoms with Crippen molar-refractivity contribution >= 4 is 11.7 Å². The fraction of sp³-hybridized carbons (Fsp3) is 0.304. The van der Waals surface area contributed by atoms with Crippen LogP contribution in [0.3, 0.4) is 0 Å². The van der Waals surface area contributed by atoms with E-state index in [-0.39, 0.29) is 11.4 Å². The number of pyridine rings is 1. The van der Waals surface area contributed by atoms with E-state index in [2.05, 4.69) is 20.1 Å². The first-order valence-electron chi connectivity index (χ1n) is 10.8. The molecule has 0 aliphatic carbocycles. The van der Waals surface area contributed by atoms with Crippen molar-refractivity contribution in [3.05, 3.63) is 65.9 Å². The molecule has 2 aromatic heterocycles. The van der Waals surface area contributed by atoms with Gasteiger partial charge in [-0.2, -0.15) is 13.2 Å². The molecule has 0 spiro atoms. The molecular weight excluding hydrogens is 468 g/mol. The normalized spacial score (nSPS) is 14.7. The highest BCUT2D eigenvalue weighted by molar-refractivity contribution is 5.92. The molecule has 0 saturated carbocycles. The van der Waals surface area contributed by atoms with E-state index in [1.807, 2.05) is 11.0 Å². The number of piperazine rings is 1. The molecule has 0 unspecified atom stereocenters. The van der Waals surface area contributed by atoms with Crippen molar-refractivity contribution in [2.75, 3.05) is 37.6 Å². The number of nitrogens with zero attached hydrogens (tertiary/aromatic N) is 5. The van der Waals surface area contributed by atoms with Crippen molar-refractivity contribution in [2.24, 2.45) is 0 Å². The molecule has 35 heavy (non-hydrogen) atoms. The number of alkyl halides is 3. The van der Waals surface area contributed by atoms with Crippen LogP contribution in [-0.4, -0.2) is 70.0 Å². The van der Waals surface area contributed by atoms with E-state index in [0.717, 1.165) is 5.56 Å². The van der Waals surface area contributed by atoms with E-state index in [4.69, 9.17) is 0 Å². The molecule has 0 radical (unpaired) electrons. The second-order valence-electron chi connectivity index (χ2n) is 8.08. The fourth-order valence-electron chi connectivity index (χ4n) is 3.75. The smallest absolute Gasteiger partial charge is 0.405 e. The number of halogens is 4. The van der Waals surface area contributed by atoms with Gasteiger partial charge >= 0.3 is 6.18 Å². The Bertz CT molecular complexity index is 1180. The summed E-state index contributed by atoms with van der Waals surface area (Å²) in [7, 11) is 0. The SMILES string of the molecule is O=C(NCC(F)(F)F)c1ccc(N2CCN(Cc3ccc(-c4cncc(O)c4)c(F)c3)CC2)nn1. The standard InChI is InChI=1S/C23H22F4N6O2/c24-19-9-15(1-2-18(19)16-10-17(34)12-28-11-16)13-32-5-7-33(8-6-32)21-4-3-20(30-31-21)22(35)29-14-23(25,26)27/h1-4,9-12,34H,5-8,13-14H2,(H,29,35). The van der Waals surface area contributed by atoms with Crippen molar-refractivity contribution < 1.29 is 27.5 Å². The Kier molecular flexibility index (Phi) is 7.10. The lowest BCUT2D eigenvalue weighted by Crippen LogP contribution is -2.46. The van der Waals surface area contributed by atoms with Gasteiger partial charge in [0.05, 0.1) is 6.20 Å². The molecule has 1 aromatic carbocycles. The van der Waals surface area contributed by atoms with E-state index in [9.17, 15) is 27.5 Å². The highest BCUT2D eigenvalue weighted by atomic mass is 19.4. The molecule has 0 atom stereocenters.